The highest BCUT2D eigenvalue weighted by molar-refractivity contribution is 5.92. The second kappa shape index (κ2) is 8.17. The molecule has 6 nitrogen and oxygen atoms in total. The number of amides is 1. The quantitative estimate of drug-likeness (QED) is 0.835. The first-order chi connectivity index (χ1) is 11.0. The molecule has 2 rings (SSSR count). The van der Waals surface area contributed by atoms with Gasteiger partial charge in [0.25, 0.3) is 0 Å². The van der Waals surface area contributed by atoms with Crippen LogP contribution in [0.2, 0.25) is 0 Å². The number of hydrogen-bond donors (Lipinski definition) is 2. The molecule has 2 N–H and O–H groups in total. The maximum Gasteiger partial charge on any atom is 0.238 e. The maximum atomic E-state index is 12.2. The predicted octanol–water partition coefficient (Wildman–Crippen LogP) is 1.70. The van der Waals surface area contributed by atoms with Gasteiger partial charge >= 0.3 is 0 Å². The number of benzene rings is 1. The summed E-state index contributed by atoms with van der Waals surface area (Å²) < 4.78 is 5.31. The number of methoxy groups -OCH3 is 1. The summed E-state index contributed by atoms with van der Waals surface area (Å²) in [6, 6.07) is 6.25. The van der Waals surface area contributed by atoms with E-state index in [0.29, 0.717) is 12.6 Å². The monoisotopic (exact) mass is 320 g/mol. The van der Waals surface area contributed by atoms with Crippen molar-refractivity contribution in [1.29, 1.82) is 0 Å². The van der Waals surface area contributed by atoms with Crippen LogP contribution in [0.1, 0.15) is 12.8 Å². The van der Waals surface area contributed by atoms with E-state index in [9.17, 15) is 4.79 Å². The summed E-state index contributed by atoms with van der Waals surface area (Å²) in [5.41, 5.74) is 1.66. The summed E-state index contributed by atoms with van der Waals surface area (Å²) in [7, 11) is 7.70. The van der Waals surface area contributed by atoms with Crippen LogP contribution in [-0.4, -0.2) is 69.6 Å². The third kappa shape index (κ3) is 4.84. The number of rotatable bonds is 6. The van der Waals surface area contributed by atoms with Crippen LogP contribution < -0.4 is 15.4 Å². The summed E-state index contributed by atoms with van der Waals surface area (Å²) >= 11 is 0. The van der Waals surface area contributed by atoms with Gasteiger partial charge in [0.2, 0.25) is 5.91 Å². The molecule has 0 atom stereocenters. The van der Waals surface area contributed by atoms with E-state index in [1.54, 1.807) is 7.11 Å². The Labute approximate surface area is 138 Å². The Morgan fingerprint density at radius 1 is 1.35 bits per heavy atom. The molecular weight excluding hydrogens is 292 g/mol. The fourth-order valence-corrected chi connectivity index (χ4v) is 2.97. The Bertz CT molecular complexity index is 525. The van der Waals surface area contributed by atoms with Crippen LogP contribution in [0, 0.1) is 0 Å². The molecule has 1 aromatic rings. The van der Waals surface area contributed by atoms with Crippen molar-refractivity contribution in [3.8, 4) is 5.75 Å². The zero-order chi connectivity index (χ0) is 16.8. The predicted molar refractivity (Wildman–Crippen MR) is 94.3 cm³/mol. The average Bonchev–Trinajstić information content (AvgIpc) is 2.55. The molecule has 0 bridgehead atoms. The number of nitrogens with zero attached hydrogens (tertiary/aromatic N) is 2. The summed E-state index contributed by atoms with van der Waals surface area (Å²) in [4.78, 5) is 16.7. The minimum Gasteiger partial charge on any atom is -0.495 e. The Balaban J connectivity index is 1.86. The van der Waals surface area contributed by atoms with Crippen molar-refractivity contribution in [2.24, 2.45) is 0 Å². The van der Waals surface area contributed by atoms with Crippen LogP contribution >= 0.6 is 0 Å². The normalized spacial score (nSPS) is 16.4. The highest BCUT2D eigenvalue weighted by Gasteiger charge is 2.22. The van der Waals surface area contributed by atoms with Gasteiger partial charge in [-0.3, -0.25) is 9.69 Å². The second-order valence-corrected chi connectivity index (χ2v) is 6.18. The van der Waals surface area contributed by atoms with Crippen molar-refractivity contribution in [2.45, 2.75) is 18.9 Å². The van der Waals surface area contributed by atoms with E-state index < -0.39 is 0 Å². The minimum atomic E-state index is 0.0209. The number of ether oxygens (including phenoxy) is 1. The summed E-state index contributed by atoms with van der Waals surface area (Å²) in [6.45, 7) is 2.38. The molecule has 0 aromatic heterocycles. The lowest BCUT2D eigenvalue weighted by molar-refractivity contribution is -0.117. The molecule has 23 heavy (non-hydrogen) atoms. The number of likely N-dealkylation sites (tertiary alicyclic amines) is 1. The Kier molecular flexibility index (Phi) is 6.24. The zero-order valence-corrected chi connectivity index (χ0v) is 14.6. The molecule has 1 heterocycles. The molecule has 1 saturated heterocycles. The summed E-state index contributed by atoms with van der Waals surface area (Å²) in [5, 5.41) is 6.01. The van der Waals surface area contributed by atoms with Gasteiger partial charge in [-0.2, -0.15) is 0 Å². The third-order valence-corrected chi connectivity index (χ3v) is 4.41. The number of carbonyl (C=O) groups is 1. The SMILES string of the molecule is CNc1ccc(NC(=O)CN2CCC(N(C)C)CC2)cc1OC. The first kappa shape index (κ1) is 17.6. The van der Waals surface area contributed by atoms with Gasteiger partial charge in [0.1, 0.15) is 5.75 Å². The van der Waals surface area contributed by atoms with Gasteiger partial charge in [0, 0.05) is 37.9 Å². The fourth-order valence-electron chi connectivity index (χ4n) is 2.97. The first-order valence-corrected chi connectivity index (χ1v) is 8.08. The third-order valence-electron chi connectivity index (χ3n) is 4.41. The molecule has 1 aliphatic heterocycles. The van der Waals surface area contributed by atoms with Crippen molar-refractivity contribution in [3.63, 3.8) is 0 Å². The van der Waals surface area contributed by atoms with E-state index in [0.717, 1.165) is 43.1 Å². The number of carbonyl (C=O) groups excluding carboxylic acids is 1. The lowest BCUT2D eigenvalue weighted by atomic mass is 10.0. The minimum absolute atomic E-state index is 0.0209. The van der Waals surface area contributed by atoms with Crippen LogP contribution in [0.15, 0.2) is 18.2 Å². The highest BCUT2D eigenvalue weighted by atomic mass is 16.5. The van der Waals surface area contributed by atoms with Crippen molar-refractivity contribution in [1.82, 2.24) is 9.80 Å². The highest BCUT2D eigenvalue weighted by Crippen LogP contribution is 2.27. The molecule has 1 aliphatic rings. The van der Waals surface area contributed by atoms with E-state index in [1.807, 2.05) is 25.2 Å². The van der Waals surface area contributed by atoms with E-state index in [-0.39, 0.29) is 5.91 Å². The zero-order valence-electron chi connectivity index (χ0n) is 14.6. The van der Waals surface area contributed by atoms with Crippen molar-refractivity contribution in [3.05, 3.63) is 18.2 Å². The molecule has 1 aromatic carbocycles. The molecule has 128 valence electrons. The van der Waals surface area contributed by atoms with Crippen LogP contribution in [-0.2, 0) is 4.79 Å². The average molecular weight is 320 g/mol. The van der Waals surface area contributed by atoms with E-state index in [2.05, 4.69) is 34.5 Å². The van der Waals surface area contributed by atoms with Crippen LogP contribution in [0.4, 0.5) is 11.4 Å². The Morgan fingerprint density at radius 2 is 2.04 bits per heavy atom. The van der Waals surface area contributed by atoms with Gasteiger partial charge in [-0.25, -0.2) is 0 Å². The smallest absolute Gasteiger partial charge is 0.238 e. The van der Waals surface area contributed by atoms with Crippen LogP contribution in [0.3, 0.4) is 0 Å². The van der Waals surface area contributed by atoms with Gasteiger partial charge in [-0.15, -0.1) is 0 Å². The largest absolute Gasteiger partial charge is 0.495 e. The van der Waals surface area contributed by atoms with Gasteiger partial charge in [0.15, 0.2) is 0 Å². The van der Waals surface area contributed by atoms with Gasteiger partial charge < -0.3 is 20.3 Å². The molecule has 0 unspecified atom stereocenters. The van der Waals surface area contributed by atoms with Crippen molar-refractivity contribution in [2.75, 3.05) is 58.5 Å². The molecule has 0 radical (unpaired) electrons. The summed E-state index contributed by atoms with van der Waals surface area (Å²) in [5.74, 6) is 0.740. The molecule has 1 amide bonds. The Hall–Kier alpha value is -1.79. The number of hydrogen-bond acceptors (Lipinski definition) is 5. The molecule has 0 spiro atoms. The maximum absolute atomic E-state index is 12.2. The van der Waals surface area contributed by atoms with Crippen LogP contribution in [0.25, 0.3) is 0 Å². The van der Waals surface area contributed by atoms with Crippen molar-refractivity contribution >= 4 is 17.3 Å². The lowest BCUT2D eigenvalue weighted by Crippen LogP contribution is -2.44. The number of piperidine rings is 1. The number of nitrogens with one attached hydrogen (secondary N) is 2. The Morgan fingerprint density at radius 3 is 2.61 bits per heavy atom. The number of anilines is 2. The van der Waals surface area contributed by atoms with Gasteiger partial charge in [0.05, 0.1) is 19.3 Å². The topological polar surface area (TPSA) is 56.8 Å². The molecule has 6 heteroatoms. The summed E-state index contributed by atoms with van der Waals surface area (Å²) in [6.07, 6.45) is 2.23. The second-order valence-electron chi connectivity index (χ2n) is 6.18. The fraction of sp³-hybridized carbons (Fsp3) is 0.588. The van der Waals surface area contributed by atoms with E-state index >= 15 is 0 Å². The molecule has 0 aliphatic carbocycles. The standard InChI is InChI=1S/C17H28N4O2/c1-18-15-6-5-13(11-16(15)23-4)19-17(22)12-21-9-7-14(8-10-21)20(2)3/h5-6,11,14,18H,7-10,12H2,1-4H3,(H,19,22). The van der Waals surface area contributed by atoms with E-state index in [4.69, 9.17) is 4.74 Å². The van der Waals surface area contributed by atoms with Crippen LogP contribution in [0.5, 0.6) is 5.75 Å². The van der Waals surface area contributed by atoms with Gasteiger partial charge in [-0.05, 0) is 39.1 Å². The lowest BCUT2D eigenvalue weighted by Gasteiger charge is -2.34. The first-order valence-electron chi connectivity index (χ1n) is 8.08. The molecule has 0 saturated carbocycles. The molecular formula is C17H28N4O2. The van der Waals surface area contributed by atoms with E-state index in [1.165, 1.54) is 0 Å². The molecule has 1 fully saturated rings. The van der Waals surface area contributed by atoms with Gasteiger partial charge in [-0.1, -0.05) is 0 Å². The van der Waals surface area contributed by atoms with Crippen molar-refractivity contribution < 1.29 is 9.53 Å².